The normalized spacial score (nSPS) is 10.5. The fraction of sp³-hybridized carbons (Fsp3) is 0.250. The van der Waals surface area contributed by atoms with E-state index < -0.39 is 0 Å². The lowest BCUT2D eigenvalue weighted by Gasteiger charge is -2.10. The van der Waals surface area contributed by atoms with Crippen molar-refractivity contribution in [1.29, 1.82) is 0 Å². The Labute approximate surface area is 144 Å². The molecule has 25 heavy (non-hydrogen) atoms. The van der Waals surface area contributed by atoms with Crippen LogP contribution in [0.1, 0.15) is 5.56 Å². The van der Waals surface area contributed by atoms with Gasteiger partial charge in [-0.3, -0.25) is 14.5 Å². The molecule has 3 aromatic rings. The lowest BCUT2D eigenvalue weighted by Crippen LogP contribution is -2.08. The van der Waals surface area contributed by atoms with E-state index in [-0.39, 0.29) is 0 Å². The van der Waals surface area contributed by atoms with Gasteiger partial charge < -0.3 is 14.8 Å². The van der Waals surface area contributed by atoms with Crippen molar-refractivity contribution >= 4 is 23.8 Å². The molecule has 0 fully saturated rings. The number of aromatic nitrogens is 4. The summed E-state index contributed by atoms with van der Waals surface area (Å²) in [7, 11) is 3.25. The zero-order valence-corrected chi connectivity index (χ0v) is 13.9. The number of amides is 1. The van der Waals surface area contributed by atoms with Gasteiger partial charge in [-0.15, -0.1) is 10.2 Å². The number of ether oxygens (including phenoxy) is 2. The minimum atomic E-state index is 0.341. The van der Waals surface area contributed by atoms with E-state index in [0.717, 1.165) is 23.5 Å². The summed E-state index contributed by atoms with van der Waals surface area (Å²) in [6, 6.07) is 5.75. The maximum atomic E-state index is 10.6. The highest BCUT2D eigenvalue weighted by atomic mass is 16.5. The molecule has 0 unspecified atom stereocenters. The summed E-state index contributed by atoms with van der Waals surface area (Å²) in [5.41, 5.74) is 1.61. The molecular formula is C16H18N6O3. The largest absolute Gasteiger partial charge is 0.497 e. The number of hydrogen-bond acceptors (Lipinski definition) is 7. The van der Waals surface area contributed by atoms with Gasteiger partial charge in [-0.05, 0) is 24.1 Å². The predicted molar refractivity (Wildman–Crippen MR) is 92.2 cm³/mol. The van der Waals surface area contributed by atoms with Crippen LogP contribution in [-0.2, 0) is 11.2 Å². The predicted octanol–water partition coefficient (Wildman–Crippen LogP) is 1.36. The second-order valence-electron chi connectivity index (χ2n) is 5.15. The molecule has 0 bridgehead atoms. The van der Waals surface area contributed by atoms with Gasteiger partial charge in [-0.2, -0.15) is 0 Å². The van der Waals surface area contributed by atoms with Gasteiger partial charge in [0.25, 0.3) is 0 Å². The van der Waals surface area contributed by atoms with Crippen molar-refractivity contribution in [2.45, 2.75) is 6.42 Å². The molecule has 1 aromatic carbocycles. The molecule has 0 aliphatic carbocycles. The van der Waals surface area contributed by atoms with Crippen LogP contribution in [0.4, 0.5) is 11.8 Å². The van der Waals surface area contributed by atoms with Gasteiger partial charge in [0.15, 0.2) is 5.82 Å². The Hall–Kier alpha value is -3.36. The third-order valence-electron chi connectivity index (χ3n) is 3.63. The Morgan fingerprint density at radius 2 is 1.92 bits per heavy atom. The first-order chi connectivity index (χ1) is 12.2. The van der Waals surface area contributed by atoms with Crippen LogP contribution in [0.2, 0.25) is 0 Å². The van der Waals surface area contributed by atoms with E-state index in [2.05, 4.69) is 25.8 Å². The van der Waals surface area contributed by atoms with Gasteiger partial charge >= 0.3 is 0 Å². The van der Waals surface area contributed by atoms with Gasteiger partial charge in [0.2, 0.25) is 18.0 Å². The van der Waals surface area contributed by atoms with Gasteiger partial charge in [0, 0.05) is 25.0 Å². The molecule has 0 aliphatic rings. The summed E-state index contributed by atoms with van der Waals surface area (Å²) < 4.78 is 12.2. The fourth-order valence-electron chi connectivity index (χ4n) is 2.44. The zero-order valence-electron chi connectivity index (χ0n) is 13.9. The van der Waals surface area contributed by atoms with Crippen molar-refractivity contribution in [1.82, 2.24) is 19.6 Å². The second-order valence-corrected chi connectivity index (χ2v) is 5.15. The standard InChI is InChI=1S/C16H18N6O3/c1-24-12-7-11(8-13(9-12)25-2)3-4-17-14-15-20-21-16(19-10-23)22(15)6-5-18-14/h5-10H,3-4H2,1-2H3,(H,17,18)(H,19,21,23). The number of benzene rings is 1. The summed E-state index contributed by atoms with van der Waals surface area (Å²) >= 11 is 0. The maximum absolute atomic E-state index is 10.6. The minimum Gasteiger partial charge on any atom is -0.497 e. The topological polar surface area (TPSA) is 103 Å². The average Bonchev–Trinajstić information content (AvgIpc) is 3.05. The zero-order chi connectivity index (χ0) is 17.6. The third-order valence-corrected chi connectivity index (χ3v) is 3.63. The summed E-state index contributed by atoms with van der Waals surface area (Å²) in [5.74, 6) is 2.42. The van der Waals surface area contributed by atoms with Crippen molar-refractivity contribution in [2.75, 3.05) is 31.4 Å². The first-order valence-corrected chi connectivity index (χ1v) is 7.61. The molecule has 0 spiro atoms. The second kappa shape index (κ2) is 7.47. The summed E-state index contributed by atoms with van der Waals surface area (Å²) in [5, 5.41) is 13.7. The van der Waals surface area contributed by atoms with Gasteiger partial charge in [-0.25, -0.2) is 4.98 Å². The number of carbonyl (C=O) groups is 1. The molecule has 0 saturated heterocycles. The first kappa shape index (κ1) is 16.5. The number of rotatable bonds is 8. The molecule has 2 aromatic heterocycles. The number of hydrogen-bond donors (Lipinski definition) is 2. The van der Waals surface area contributed by atoms with Crippen LogP contribution in [0.3, 0.4) is 0 Å². The average molecular weight is 342 g/mol. The highest BCUT2D eigenvalue weighted by molar-refractivity contribution is 5.71. The molecule has 0 aliphatic heterocycles. The van der Waals surface area contributed by atoms with Gasteiger partial charge in [0.1, 0.15) is 11.5 Å². The molecule has 0 radical (unpaired) electrons. The van der Waals surface area contributed by atoms with E-state index in [1.807, 2.05) is 18.2 Å². The number of nitrogens with zero attached hydrogens (tertiary/aromatic N) is 4. The Bertz CT molecular complexity index is 857. The van der Waals surface area contributed by atoms with Crippen molar-refractivity contribution in [2.24, 2.45) is 0 Å². The molecular weight excluding hydrogens is 324 g/mol. The molecule has 2 N–H and O–H groups in total. The molecule has 9 nitrogen and oxygen atoms in total. The number of carbonyl (C=O) groups excluding carboxylic acids is 1. The van der Waals surface area contributed by atoms with Crippen LogP contribution in [-0.4, -0.2) is 46.8 Å². The van der Waals surface area contributed by atoms with Crippen LogP contribution >= 0.6 is 0 Å². The van der Waals surface area contributed by atoms with Crippen LogP contribution in [0.25, 0.3) is 5.65 Å². The molecule has 3 rings (SSSR count). The number of fused-ring (bicyclic) bond motifs is 1. The molecule has 9 heteroatoms. The molecule has 2 heterocycles. The van der Waals surface area contributed by atoms with Crippen LogP contribution in [0.5, 0.6) is 11.5 Å². The highest BCUT2D eigenvalue weighted by Gasteiger charge is 2.10. The van der Waals surface area contributed by atoms with Gasteiger partial charge in [0.05, 0.1) is 14.2 Å². The summed E-state index contributed by atoms with van der Waals surface area (Å²) in [6.45, 7) is 0.631. The van der Waals surface area contributed by atoms with Crippen molar-refractivity contribution in [3.8, 4) is 11.5 Å². The fourth-order valence-corrected chi connectivity index (χ4v) is 2.44. The quantitative estimate of drug-likeness (QED) is 0.596. The molecule has 130 valence electrons. The Morgan fingerprint density at radius 1 is 1.16 bits per heavy atom. The number of nitrogens with one attached hydrogen (secondary N) is 2. The van der Waals surface area contributed by atoms with E-state index in [1.165, 1.54) is 0 Å². The molecule has 1 amide bonds. The highest BCUT2D eigenvalue weighted by Crippen LogP contribution is 2.23. The third kappa shape index (κ3) is 3.60. The lowest BCUT2D eigenvalue weighted by molar-refractivity contribution is -0.105. The van der Waals surface area contributed by atoms with Gasteiger partial charge in [-0.1, -0.05) is 0 Å². The Morgan fingerprint density at radius 3 is 2.60 bits per heavy atom. The Kier molecular flexibility index (Phi) is 4.93. The van der Waals surface area contributed by atoms with Crippen LogP contribution in [0, 0.1) is 0 Å². The van der Waals surface area contributed by atoms with E-state index >= 15 is 0 Å². The molecule has 0 atom stereocenters. The lowest BCUT2D eigenvalue weighted by atomic mass is 10.1. The van der Waals surface area contributed by atoms with E-state index in [1.54, 1.807) is 31.0 Å². The number of methoxy groups -OCH3 is 2. The summed E-state index contributed by atoms with van der Waals surface area (Å²) in [4.78, 5) is 14.9. The minimum absolute atomic E-state index is 0.341. The summed E-state index contributed by atoms with van der Waals surface area (Å²) in [6.07, 6.45) is 4.59. The van der Waals surface area contributed by atoms with Crippen molar-refractivity contribution in [3.05, 3.63) is 36.2 Å². The monoisotopic (exact) mass is 342 g/mol. The Balaban J connectivity index is 1.72. The number of anilines is 2. The van der Waals surface area contributed by atoms with E-state index in [9.17, 15) is 4.79 Å². The van der Waals surface area contributed by atoms with E-state index in [4.69, 9.17) is 9.47 Å². The van der Waals surface area contributed by atoms with Crippen LogP contribution < -0.4 is 20.1 Å². The maximum Gasteiger partial charge on any atom is 0.235 e. The van der Waals surface area contributed by atoms with E-state index in [0.29, 0.717) is 30.4 Å². The molecule has 0 saturated carbocycles. The smallest absolute Gasteiger partial charge is 0.235 e. The van der Waals surface area contributed by atoms with Crippen molar-refractivity contribution in [3.63, 3.8) is 0 Å². The SMILES string of the molecule is COc1cc(CCNc2nccn3c(NC=O)nnc23)cc(OC)c1. The first-order valence-electron chi connectivity index (χ1n) is 7.61. The van der Waals surface area contributed by atoms with Crippen molar-refractivity contribution < 1.29 is 14.3 Å². The van der Waals surface area contributed by atoms with Crippen LogP contribution in [0.15, 0.2) is 30.6 Å².